The van der Waals surface area contributed by atoms with E-state index in [1.165, 1.54) is 11.3 Å². The van der Waals surface area contributed by atoms with Gasteiger partial charge in [0, 0.05) is 23.0 Å². The standard InChI is InChI=1S/C18H13N3OS2/c1-11-14(13-6-2-3-7-15(13)20-11)9-16-17(22)21(18(23)24-16)12-5-4-8-19-10-12/h2-10,22H,1H3/b14-9-. The van der Waals surface area contributed by atoms with Crippen LogP contribution in [0.5, 0.6) is 5.88 Å². The molecule has 2 aromatic heterocycles. The molecule has 0 saturated heterocycles. The molecule has 0 atom stereocenters. The number of rotatable bonds is 2. The number of hydrogen-bond donors (Lipinski definition) is 1. The second kappa shape index (κ2) is 5.81. The zero-order valence-electron chi connectivity index (χ0n) is 12.8. The van der Waals surface area contributed by atoms with Gasteiger partial charge in [-0.2, -0.15) is 0 Å². The second-order valence-electron chi connectivity index (χ2n) is 5.37. The Morgan fingerprint density at radius 3 is 2.83 bits per heavy atom. The highest BCUT2D eigenvalue weighted by molar-refractivity contribution is 7.73. The Morgan fingerprint density at radius 2 is 2.04 bits per heavy atom. The van der Waals surface area contributed by atoms with E-state index in [1.54, 1.807) is 17.0 Å². The van der Waals surface area contributed by atoms with E-state index in [0.717, 1.165) is 28.2 Å². The Hall–Kier alpha value is -2.57. The minimum atomic E-state index is 0.127. The summed E-state index contributed by atoms with van der Waals surface area (Å²) in [6.07, 6.45) is 5.32. The van der Waals surface area contributed by atoms with Gasteiger partial charge in [-0.3, -0.25) is 14.5 Å². The van der Waals surface area contributed by atoms with Gasteiger partial charge in [0.15, 0.2) is 3.95 Å². The Labute approximate surface area is 148 Å². The number of thiazole rings is 1. The first-order valence-electron chi connectivity index (χ1n) is 7.37. The van der Waals surface area contributed by atoms with Gasteiger partial charge in [0.1, 0.15) is 0 Å². The van der Waals surface area contributed by atoms with E-state index in [4.69, 9.17) is 12.2 Å². The molecule has 1 aliphatic rings. The molecule has 0 radical (unpaired) electrons. The van der Waals surface area contributed by atoms with Gasteiger partial charge in [0.05, 0.1) is 22.4 Å². The van der Waals surface area contributed by atoms with Crippen molar-refractivity contribution in [1.82, 2.24) is 9.55 Å². The molecule has 0 bridgehead atoms. The first-order valence-corrected chi connectivity index (χ1v) is 8.59. The number of benzene rings is 1. The minimum absolute atomic E-state index is 0.127. The van der Waals surface area contributed by atoms with Crippen LogP contribution in [0.15, 0.2) is 53.8 Å². The highest BCUT2D eigenvalue weighted by atomic mass is 32.1. The molecule has 0 fully saturated rings. The number of aliphatic imine (C=N–C) groups is 1. The molecule has 4 nitrogen and oxygen atoms in total. The number of allylic oxidation sites excluding steroid dienone is 1. The van der Waals surface area contributed by atoms with E-state index in [2.05, 4.69) is 9.98 Å². The van der Waals surface area contributed by atoms with E-state index in [9.17, 15) is 5.11 Å². The summed E-state index contributed by atoms with van der Waals surface area (Å²) >= 11 is 6.79. The van der Waals surface area contributed by atoms with Crippen molar-refractivity contribution in [3.05, 3.63) is 63.2 Å². The van der Waals surface area contributed by atoms with Gasteiger partial charge in [-0.1, -0.05) is 18.2 Å². The number of fused-ring (bicyclic) bond motifs is 1. The van der Waals surface area contributed by atoms with Crippen molar-refractivity contribution in [2.45, 2.75) is 6.92 Å². The molecular weight excluding hydrogens is 338 g/mol. The van der Waals surface area contributed by atoms with Crippen LogP contribution in [0.25, 0.3) is 17.3 Å². The molecule has 0 aliphatic carbocycles. The molecule has 6 heteroatoms. The quantitative estimate of drug-likeness (QED) is 0.660. The van der Waals surface area contributed by atoms with Crippen molar-refractivity contribution in [3.63, 3.8) is 0 Å². The summed E-state index contributed by atoms with van der Waals surface area (Å²) in [4.78, 5) is 9.38. The summed E-state index contributed by atoms with van der Waals surface area (Å²) in [5.41, 5.74) is 4.72. The van der Waals surface area contributed by atoms with Crippen LogP contribution < -0.4 is 0 Å². The monoisotopic (exact) mass is 351 g/mol. The van der Waals surface area contributed by atoms with Crippen LogP contribution in [0.4, 0.5) is 5.69 Å². The average Bonchev–Trinajstić information content (AvgIpc) is 3.05. The highest BCUT2D eigenvalue weighted by Crippen LogP contribution is 2.38. The lowest BCUT2D eigenvalue weighted by Crippen LogP contribution is -1.93. The van der Waals surface area contributed by atoms with E-state index in [-0.39, 0.29) is 5.88 Å². The topological polar surface area (TPSA) is 50.4 Å². The van der Waals surface area contributed by atoms with E-state index in [1.807, 2.05) is 49.4 Å². The SMILES string of the molecule is CC1=Nc2ccccc2/C1=C\c1sc(=S)n(-c2cccnc2)c1O. The lowest BCUT2D eigenvalue weighted by Gasteiger charge is -2.04. The van der Waals surface area contributed by atoms with Crippen molar-refractivity contribution >= 4 is 46.6 Å². The lowest BCUT2D eigenvalue weighted by atomic mass is 10.0. The third-order valence-corrected chi connectivity index (χ3v) is 5.17. The molecule has 0 unspecified atom stereocenters. The zero-order valence-corrected chi connectivity index (χ0v) is 14.4. The number of pyridine rings is 1. The first-order chi connectivity index (χ1) is 11.6. The van der Waals surface area contributed by atoms with Gasteiger partial charge in [0.2, 0.25) is 5.88 Å². The molecule has 0 saturated carbocycles. The maximum absolute atomic E-state index is 10.7. The molecule has 1 aliphatic heterocycles. The largest absolute Gasteiger partial charge is 0.493 e. The molecule has 0 spiro atoms. The zero-order chi connectivity index (χ0) is 16.7. The third-order valence-electron chi connectivity index (χ3n) is 3.86. The normalized spacial score (nSPS) is 14.7. The molecule has 24 heavy (non-hydrogen) atoms. The highest BCUT2D eigenvalue weighted by Gasteiger charge is 2.19. The van der Waals surface area contributed by atoms with E-state index < -0.39 is 0 Å². The predicted octanol–water partition coefficient (Wildman–Crippen LogP) is 5.02. The molecule has 0 amide bonds. The summed E-state index contributed by atoms with van der Waals surface area (Å²) in [6, 6.07) is 11.7. The van der Waals surface area contributed by atoms with Crippen molar-refractivity contribution in [1.29, 1.82) is 0 Å². The summed E-state index contributed by atoms with van der Waals surface area (Å²) in [7, 11) is 0. The molecule has 3 aromatic rings. The van der Waals surface area contributed by atoms with Crippen LogP contribution in [-0.2, 0) is 0 Å². The molecule has 3 heterocycles. The van der Waals surface area contributed by atoms with Crippen molar-refractivity contribution in [2.24, 2.45) is 4.99 Å². The molecule has 1 aromatic carbocycles. The van der Waals surface area contributed by atoms with Gasteiger partial charge < -0.3 is 5.11 Å². The van der Waals surface area contributed by atoms with Gasteiger partial charge in [0.25, 0.3) is 0 Å². The predicted molar refractivity (Wildman–Crippen MR) is 101 cm³/mol. The molecular formula is C18H13N3OS2. The third kappa shape index (κ3) is 2.40. The minimum Gasteiger partial charge on any atom is -0.493 e. The lowest BCUT2D eigenvalue weighted by molar-refractivity contribution is 0.441. The number of hydrogen-bond acceptors (Lipinski definition) is 5. The fraction of sp³-hybridized carbons (Fsp3) is 0.0556. The fourth-order valence-electron chi connectivity index (χ4n) is 2.74. The van der Waals surface area contributed by atoms with Crippen LogP contribution in [0.3, 0.4) is 0 Å². The Morgan fingerprint density at radius 1 is 1.21 bits per heavy atom. The smallest absolute Gasteiger partial charge is 0.215 e. The average molecular weight is 351 g/mol. The van der Waals surface area contributed by atoms with Gasteiger partial charge in [-0.05, 0) is 43.4 Å². The Bertz CT molecular complexity index is 1050. The van der Waals surface area contributed by atoms with Crippen molar-refractivity contribution < 1.29 is 5.11 Å². The molecule has 4 rings (SSSR count). The number of aromatic nitrogens is 2. The maximum atomic E-state index is 10.7. The van der Waals surface area contributed by atoms with Crippen molar-refractivity contribution in [3.8, 4) is 11.6 Å². The van der Waals surface area contributed by atoms with E-state index >= 15 is 0 Å². The molecule has 1 N–H and O–H groups in total. The molecule has 118 valence electrons. The van der Waals surface area contributed by atoms with E-state index in [0.29, 0.717) is 8.83 Å². The summed E-state index contributed by atoms with van der Waals surface area (Å²) in [5, 5.41) is 10.7. The number of nitrogens with zero attached hydrogens (tertiary/aromatic N) is 3. The van der Waals surface area contributed by atoms with Crippen LogP contribution in [0.1, 0.15) is 17.4 Å². The summed E-state index contributed by atoms with van der Waals surface area (Å²) < 4.78 is 2.21. The maximum Gasteiger partial charge on any atom is 0.215 e. The first kappa shape index (κ1) is 15.0. The van der Waals surface area contributed by atoms with Crippen LogP contribution in [0.2, 0.25) is 0 Å². The fourth-order valence-corrected chi connectivity index (χ4v) is 4.03. The second-order valence-corrected chi connectivity index (χ2v) is 7.05. The van der Waals surface area contributed by atoms with Crippen LogP contribution in [-0.4, -0.2) is 20.4 Å². The summed E-state index contributed by atoms with van der Waals surface area (Å²) in [6.45, 7) is 1.97. The van der Waals surface area contributed by atoms with Crippen LogP contribution >= 0.6 is 23.6 Å². The Balaban J connectivity index is 1.86. The Kier molecular flexibility index (Phi) is 3.63. The van der Waals surface area contributed by atoms with Crippen molar-refractivity contribution in [2.75, 3.05) is 0 Å². The van der Waals surface area contributed by atoms with Gasteiger partial charge in [-0.25, -0.2) is 0 Å². The van der Waals surface area contributed by atoms with Gasteiger partial charge >= 0.3 is 0 Å². The number of para-hydroxylation sites is 1. The summed E-state index contributed by atoms with van der Waals surface area (Å²) in [5.74, 6) is 0.127. The van der Waals surface area contributed by atoms with Crippen LogP contribution in [0, 0.1) is 3.95 Å². The van der Waals surface area contributed by atoms with Gasteiger partial charge in [-0.15, -0.1) is 11.3 Å². The number of aromatic hydroxyl groups is 1.